The lowest BCUT2D eigenvalue weighted by atomic mass is 10.1. The van der Waals surface area contributed by atoms with E-state index in [9.17, 15) is 0 Å². The normalized spacial score (nSPS) is 11.6. The Hall–Kier alpha value is -7.64. The second-order valence-corrected chi connectivity index (χ2v) is 13.5. The summed E-state index contributed by atoms with van der Waals surface area (Å²) in [7, 11) is 0. The molecular formula is C48H30N6O. The lowest BCUT2D eigenvalue weighted by Gasteiger charge is -2.10. The second-order valence-electron chi connectivity index (χ2n) is 13.5. The van der Waals surface area contributed by atoms with Crippen LogP contribution >= 0.6 is 0 Å². The highest BCUT2D eigenvalue weighted by Gasteiger charge is 2.22. The van der Waals surface area contributed by atoms with Crippen LogP contribution in [-0.2, 0) is 0 Å². The number of hydrogen-bond donors (Lipinski definition) is 0. The molecule has 11 aromatic rings. The van der Waals surface area contributed by atoms with Crippen molar-refractivity contribution in [3.8, 4) is 57.1 Å². The van der Waals surface area contributed by atoms with Crippen molar-refractivity contribution in [1.82, 2.24) is 29.3 Å². The number of aromatic nitrogens is 6. The molecule has 7 nitrogen and oxygen atoms in total. The smallest absolute Gasteiger partial charge is 0.250 e. The zero-order valence-electron chi connectivity index (χ0n) is 29.4. The van der Waals surface area contributed by atoms with E-state index in [1.165, 1.54) is 0 Å². The number of fused-ring (bicyclic) bond motifs is 6. The van der Waals surface area contributed by atoms with Crippen molar-refractivity contribution in [3.63, 3.8) is 0 Å². The summed E-state index contributed by atoms with van der Waals surface area (Å²) < 4.78 is 11.0. The van der Waals surface area contributed by atoms with Gasteiger partial charge < -0.3 is 4.42 Å². The van der Waals surface area contributed by atoms with Crippen molar-refractivity contribution in [2.45, 2.75) is 0 Å². The largest absolute Gasteiger partial charge is 0.416 e. The summed E-state index contributed by atoms with van der Waals surface area (Å²) in [5.74, 6) is 2.55. The molecule has 0 aliphatic heterocycles. The van der Waals surface area contributed by atoms with E-state index >= 15 is 0 Å². The summed E-state index contributed by atoms with van der Waals surface area (Å²) in [5, 5.41) is 13.7. The van der Waals surface area contributed by atoms with Crippen molar-refractivity contribution in [1.29, 1.82) is 0 Å². The van der Waals surface area contributed by atoms with Gasteiger partial charge >= 0.3 is 0 Å². The molecule has 5 aromatic heterocycles. The molecule has 6 aromatic carbocycles. The molecule has 0 amide bonds. The highest BCUT2D eigenvalue weighted by Crippen LogP contribution is 2.39. The SMILES string of the molecule is c1ccc(-c2cccc(-n3c4ccccc4c4cc(-c5nnc(-c6cccc7c8ccccc8n(-c8cccc(-c9ccccc9)n8)c67)o5)ccc43)n2)cc1. The van der Waals surface area contributed by atoms with Gasteiger partial charge in [0, 0.05) is 38.2 Å². The fraction of sp³-hybridized carbons (Fsp3) is 0. The highest BCUT2D eigenvalue weighted by atomic mass is 16.4. The Kier molecular flexibility index (Phi) is 7.03. The number of nitrogens with zero attached hydrogens (tertiary/aromatic N) is 6. The molecule has 0 unspecified atom stereocenters. The molecule has 0 aliphatic rings. The zero-order chi connectivity index (χ0) is 36.3. The van der Waals surface area contributed by atoms with Gasteiger partial charge in [-0.1, -0.05) is 121 Å². The molecule has 0 aliphatic carbocycles. The first-order valence-electron chi connectivity index (χ1n) is 18.2. The molecule has 7 heteroatoms. The van der Waals surface area contributed by atoms with Gasteiger partial charge in [0.25, 0.3) is 0 Å². The van der Waals surface area contributed by atoms with Crippen LogP contribution in [0.3, 0.4) is 0 Å². The maximum Gasteiger partial charge on any atom is 0.250 e. The minimum Gasteiger partial charge on any atom is -0.416 e. The average Bonchev–Trinajstić information content (AvgIpc) is 3.98. The number of para-hydroxylation sites is 3. The first kappa shape index (κ1) is 30.9. The first-order chi connectivity index (χ1) is 27.3. The van der Waals surface area contributed by atoms with Crippen LogP contribution in [0.1, 0.15) is 0 Å². The van der Waals surface area contributed by atoms with E-state index in [4.69, 9.17) is 14.4 Å². The van der Waals surface area contributed by atoms with Crippen LogP contribution < -0.4 is 0 Å². The van der Waals surface area contributed by atoms with Crippen molar-refractivity contribution in [2.75, 3.05) is 0 Å². The summed E-state index contributed by atoms with van der Waals surface area (Å²) in [6.07, 6.45) is 0. The Bertz CT molecular complexity index is 3210. The van der Waals surface area contributed by atoms with Gasteiger partial charge in [-0.2, -0.15) is 0 Å². The van der Waals surface area contributed by atoms with Gasteiger partial charge in [0.2, 0.25) is 11.8 Å². The summed E-state index contributed by atoms with van der Waals surface area (Å²) in [6.45, 7) is 0. The van der Waals surface area contributed by atoms with Crippen molar-refractivity contribution >= 4 is 43.6 Å². The standard InChI is InChI=1S/C48H30N6O/c1-3-14-31(15-4-1)39-22-12-26-44(49-39)53-41-24-9-8-19-35(41)38-30-33(28-29-43(38)53)47-51-52-48(55-47)37-21-11-20-36-34-18-7-10-25-42(34)54(46(36)37)45-27-13-23-40(50-45)32-16-5-2-6-17-32/h1-30H. The van der Waals surface area contributed by atoms with Gasteiger partial charge in [0.15, 0.2) is 0 Å². The molecular weight excluding hydrogens is 677 g/mol. The van der Waals surface area contributed by atoms with E-state index in [-0.39, 0.29) is 0 Å². The number of hydrogen-bond acceptors (Lipinski definition) is 5. The minimum absolute atomic E-state index is 0.438. The molecule has 11 rings (SSSR count). The second kappa shape index (κ2) is 12.5. The van der Waals surface area contributed by atoms with E-state index in [0.29, 0.717) is 11.8 Å². The number of pyridine rings is 2. The summed E-state index contributed by atoms with van der Waals surface area (Å²) >= 11 is 0. The molecule has 0 fully saturated rings. The van der Waals surface area contributed by atoms with Crippen LogP contribution in [-0.4, -0.2) is 29.3 Å². The van der Waals surface area contributed by atoms with E-state index in [2.05, 4.69) is 135 Å². The maximum atomic E-state index is 6.59. The van der Waals surface area contributed by atoms with E-state index in [1.807, 2.05) is 66.7 Å². The molecule has 258 valence electrons. The number of benzene rings is 6. The molecule has 0 bridgehead atoms. The highest BCUT2D eigenvalue weighted by molar-refractivity contribution is 6.13. The molecule has 0 spiro atoms. The predicted molar refractivity (Wildman–Crippen MR) is 220 cm³/mol. The van der Waals surface area contributed by atoms with Crippen LogP contribution in [0.25, 0.3) is 101 Å². The molecule has 0 atom stereocenters. The van der Waals surface area contributed by atoms with Gasteiger partial charge in [-0.15, -0.1) is 10.2 Å². The molecule has 0 saturated carbocycles. The Morgan fingerprint density at radius 1 is 0.364 bits per heavy atom. The lowest BCUT2D eigenvalue weighted by molar-refractivity contribution is 0.585. The predicted octanol–water partition coefficient (Wildman–Crippen LogP) is 11.7. The monoisotopic (exact) mass is 706 g/mol. The minimum atomic E-state index is 0.438. The average molecular weight is 707 g/mol. The van der Waals surface area contributed by atoms with E-state index in [1.54, 1.807) is 0 Å². The summed E-state index contributed by atoms with van der Waals surface area (Å²) in [4.78, 5) is 10.3. The first-order valence-corrected chi connectivity index (χ1v) is 18.2. The topological polar surface area (TPSA) is 74.6 Å². The van der Waals surface area contributed by atoms with Crippen LogP contribution in [0.4, 0.5) is 0 Å². The van der Waals surface area contributed by atoms with Gasteiger partial charge in [0.05, 0.1) is 39.0 Å². The van der Waals surface area contributed by atoms with Crippen molar-refractivity contribution < 1.29 is 4.42 Å². The van der Waals surface area contributed by atoms with Gasteiger partial charge in [0.1, 0.15) is 11.6 Å². The quantitative estimate of drug-likeness (QED) is 0.172. The fourth-order valence-electron chi connectivity index (χ4n) is 7.87. The molecule has 55 heavy (non-hydrogen) atoms. The summed E-state index contributed by atoms with van der Waals surface area (Å²) in [5.41, 5.74) is 9.76. The van der Waals surface area contributed by atoms with Crippen LogP contribution in [0.2, 0.25) is 0 Å². The van der Waals surface area contributed by atoms with Gasteiger partial charge in [-0.3, -0.25) is 9.13 Å². The van der Waals surface area contributed by atoms with Crippen molar-refractivity contribution in [3.05, 3.63) is 182 Å². The third kappa shape index (κ3) is 5.05. The van der Waals surface area contributed by atoms with Crippen LogP contribution in [0.15, 0.2) is 186 Å². The molecule has 5 heterocycles. The van der Waals surface area contributed by atoms with E-state index < -0.39 is 0 Å². The summed E-state index contributed by atoms with van der Waals surface area (Å²) in [6, 6.07) is 62.2. The van der Waals surface area contributed by atoms with Gasteiger partial charge in [-0.05, 0) is 60.7 Å². The van der Waals surface area contributed by atoms with Crippen LogP contribution in [0, 0.1) is 0 Å². The number of rotatable bonds is 6. The molecule has 0 radical (unpaired) electrons. The van der Waals surface area contributed by atoms with Gasteiger partial charge in [-0.25, -0.2) is 9.97 Å². The Labute approximate surface area is 315 Å². The zero-order valence-corrected chi connectivity index (χ0v) is 29.4. The third-order valence-corrected chi connectivity index (χ3v) is 10.3. The van der Waals surface area contributed by atoms with Crippen LogP contribution in [0.5, 0.6) is 0 Å². The van der Waals surface area contributed by atoms with E-state index in [0.717, 1.165) is 88.9 Å². The maximum absolute atomic E-state index is 6.59. The lowest BCUT2D eigenvalue weighted by Crippen LogP contribution is -1.99. The Morgan fingerprint density at radius 3 is 1.58 bits per heavy atom. The fourth-order valence-corrected chi connectivity index (χ4v) is 7.87. The molecule has 0 saturated heterocycles. The Balaban J connectivity index is 1.04. The third-order valence-electron chi connectivity index (χ3n) is 10.3. The Morgan fingerprint density at radius 2 is 0.891 bits per heavy atom. The van der Waals surface area contributed by atoms with Crippen molar-refractivity contribution in [2.24, 2.45) is 0 Å². The molecule has 0 N–H and O–H groups in total.